The molecule has 92 valence electrons. The van der Waals surface area contributed by atoms with E-state index in [-0.39, 0.29) is 0 Å². The Balaban J connectivity index is 2.25. The lowest BCUT2D eigenvalue weighted by atomic mass is 9.89. The van der Waals surface area contributed by atoms with Crippen molar-refractivity contribution in [2.24, 2.45) is 5.73 Å². The molecule has 2 aliphatic heterocycles. The standard InChI is InChI=1S/C14H19NO2/c1-9-10-4-2-7-17-14(10)12(8-15)11-5-3-6-16-13(9)11/h2-8,15H2,1H3. The van der Waals surface area contributed by atoms with Gasteiger partial charge in [0.1, 0.15) is 11.5 Å². The van der Waals surface area contributed by atoms with E-state index in [0.717, 1.165) is 50.4 Å². The summed E-state index contributed by atoms with van der Waals surface area (Å²) in [6.07, 6.45) is 4.33. The first-order chi connectivity index (χ1) is 8.33. The summed E-state index contributed by atoms with van der Waals surface area (Å²) < 4.78 is 11.7. The van der Waals surface area contributed by atoms with E-state index in [1.165, 1.54) is 22.3 Å². The maximum absolute atomic E-state index is 5.91. The summed E-state index contributed by atoms with van der Waals surface area (Å²) in [5, 5.41) is 0. The minimum absolute atomic E-state index is 0.550. The number of hydrogen-bond acceptors (Lipinski definition) is 3. The Kier molecular flexibility index (Phi) is 2.71. The van der Waals surface area contributed by atoms with Crippen LogP contribution in [0, 0.1) is 6.92 Å². The Bertz CT molecular complexity index is 417. The highest BCUT2D eigenvalue weighted by atomic mass is 16.5. The fraction of sp³-hybridized carbons (Fsp3) is 0.571. The number of nitrogens with two attached hydrogens (primary N) is 1. The van der Waals surface area contributed by atoms with Crippen molar-refractivity contribution in [3.8, 4) is 11.5 Å². The average Bonchev–Trinajstić information content (AvgIpc) is 2.40. The van der Waals surface area contributed by atoms with E-state index in [9.17, 15) is 0 Å². The Morgan fingerprint density at radius 3 is 2.35 bits per heavy atom. The maximum Gasteiger partial charge on any atom is 0.127 e. The van der Waals surface area contributed by atoms with Crippen molar-refractivity contribution in [2.45, 2.75) is 39.2 Å². The number of rotatable bonds is 1. The highest BCUT2D eigenvalue weighted by molar-refractivity contribution is 5.60. The fourth-order valence-corrected chi connectivity index (χ4v) is 2.99. The number of ether oxygens (including phenoxy) is 2. The lowest BCUT2D eigenvalue weighted by Crippen LogP contribution is -2.20. The highest BCUT2D eigenvalue weighted by Crippen LogP contribution is 2.42. The van der Waals surface area contributed by atoms with E-state index in [1.807, 2.05) is 0 Å². The largest absolute Gasteiger partial charge is 0.493 e. The summed E-state index contributed by atoms with van der Waals surface area (Å²) in [6.45, 7) is 4.35. The molecule has 1 aromatic carbocycles. The van der Waals surface area contributed by atoms with Crippen molar-refractivity contribution in [1.82, 2.24) is 0 Å². The lowest BCUT2D eigenvalue weighted by molar-refractivity contribution is 0.267. The summed E-state index contributed by atoms with van der Waals surface area (Å²) >= 11 is 0. The molecule has 2 N–H and O–H groups in total. The van der Waals surface area contributed by atoms with Crippen molar-refractivity contribution in [3.05, 3.63) is 22.3 Å². The van der Waals surface area contributed by atoms with Gasteiger partial charge in [-0.1, -0.05) is 0 Å². The summed E-state index contributed by atoms with van der Waals surface area (Å²) in [4.78, 5) is 0. The first-order valence-electron chi connectivity index (χ1n) is 6.45. The summed E-state index contributed by atoms with van der Waals surface area (Å²) in [6, 6.07) is 0. The molecule has 0 atom stereocenters. The van der Waals surface area contributed by atoms with E-state index < -0.39 is 0 Å². The van der Waals surface area contributed by atoms with Crippen LogP contribution in [0.5, 0.6) is 11.5 Å². The van der Waals surface area contributed by atoms with Gasteiger partial charge in [0.15, 0.2) is 0 Å². The second-order valence-electron chi connectivity index (χ2n) is 4.83. The Hall–Kier alpha value is -1.22. The summed E-state index contributed by atoms with van der Waals surface area (Å²) in [5.41, 5.74) is 11.0. The van der Waals surface area contributed by atoms with Gasteiger partial charge in [-0.3, -0.25) is 0 Å². The molecule has 0 unspecified atom stereocenters. The van der Waals surface area contributed by atoms with E-state index in [4.69, 9.17) is 15.2 Å². The molecule has 0 aromatic heterocycles. The van der Waals surface area contributed by atoms with Crippen LogP contribution in [0.2, 0.25) is 0 Å². The van der Waals surface area contributed by atoms with Crippen LogP contribution in [0.15, 0.2) is 0 Å². The molecule has 0 saturated carbocycles. The van der Waals surface area contributed by atoms with Gasteiger partial charge in [-0.25, -0.2) is 0 Å². The predicted molar refractivity (Wildman–Crippen MR) is 66.7 cm³/mol. The van der Waals surface area contributed by atoms with Gasteiger partial charge in [-0.2, -0.15) is 0 Å². The quantitative estimate of drug-likeness (QED) is 0.808. The van der Waals surface area contributed by atoms with Gasteiger partial charge in [0.05, 0.1) is 13.2 Å². The van der Waals surface area contributed by atoms with E-state index in [0.29, 0.717) is 6.54 Å². The monoisotopic (exact) mass is 233 g/mol. The zero-order chi connectivity index (χ0) is 11.8. The SMILES string of the molecule is Cc1c2c(c(CN)c3c1OCCC3)OCCC2. The van der Waals surface area contributed by atoms with Crippen LogP contribution in [0.3, 0.4) is 0 Å². The molecule has 17 heavy (non-hydrogen) atoms. The van der Waals surface area contributed by atoms with Crippen LogP contribution in [-0.4, -0.2) is 13.2 Å². The molecule has 0 aliphatic carbocycles. The van der Waals surface area contributed by atoms with E-state index in [2.05, 4.69) is 6.92 Å². The van der Waals surface area contributed by atoms with Gasteiger partial charge < -0.3 is 15.2 Å². The smallest absolute Gasteiger partial charge is 0.127 e. The molecule has 1 aromatic rings. The summed E-state index contributed by atoms with van der Waals surface area (Å²) in [7, 11) is 0. The number of fused-ring (bicyclic) bond motifs is 2. The topological polar surface area (TPSA) is 44.5 Å². The first kappa shape index (κ1) is 10.9. The molecule has 0 fully saturated rings. The van der Waals surface area contributed by atoms with Crippen molar-refractivity contribution in [1.29, 1.82) is 0 Å². The third kappa shape index (κ3) is 1.61. The third-order valence-electron chi connectivity index (χ3n) is 3.82. The van der Waals surface area contributed by atoms with Gasteiger partial charge >= 0.3 is 0 Å². The second kappa shape index (κ2) is 4.22. The highest BCUT2D eigenvalue weighted by Gasteiger charge is 2.26. The van der Waals surface area contributed by atoms with Crippen molar-refractivity contribution < 1.29 is 9.47 Å². The predicted octanol–water partition coefficient (Wildman–Crippen LogP) is 2.10. The molecule has 3 heteroatoms. The van der Waals surface area contributed by atoms with Crippen LogP contribution < -0.4 is 15.2 Å². The lowest BCUT2D eigenvalue weighted by Gasteiger charge is -2.29. The van der Waals surface area contributed by atoms with Crippen molar-refractivity contribution in [2.75, 3.05) is 13.2 Å². The molecular weight excluding hydrogens is 214 g/mol. The van der Waals surface area contributed by atoms with Gasteiger partial charge in [-0.05, 0) is 38.2 Å². The van der Waals surface area contributed by atoms with Crippen LogP contribution >= 0.6 is 0 Å². The fourth-order valence-electron chi connectivity index (χ4n) is 2.99. The van der Waals surface area contributed by atoms with E-state index in [1.54, 1.807) is 0 Å². The molecule has 2 heterocycles. The molecule has 0 bridgehead atoms. The zero-order valence-corrected chi connectivity index (χ0v) is 10.3. The van der Waals surface area contributed by atoms with E-state index >= 15 is 0 Å². The van der Waals surface area contributed by atoms with Gasteiger partial charge in [0.2, 0.25) is 0 Å². The van der Waals surface area contributed by atoms with Crippen LogP contribution in [-0.2, 0) is 19.4 Å². The minimum Gasteiger partial charge on any atom is -0.493 e. The first-order valence-corrected chi connectivity index (χ1v) is 6.45. The molecule has 0 amide bonds. The van der Waals surface area contributed by atoms with Crippen molar-refractivity contribution in [3.63, 3.8) is 0 Å². The number of benzene rings is 1. The maximum atomic E-state index is 5.91. The molecule has 0 saturated heterocycles. The Morgan fingerprint density at radius 2 is 1.65 bits per heavy atom. The number of hydrogen-bond donors (Lipinski definition) is 1. The molecule has 2 aliphatic rings. The summed E-state index contributed by atoms with van der Waals surface area (Å²) in [5.74, 6) is 2.14. The second-order valence-corrected chi connectivity index (χ2v) is 4.83. The average molecular weight is 233 g/mol. The van der Waals surface area contributed by atoms with Gasteiger partial charge in [0.25, 0.3) is 0 Å². The normalized spacial score (nSPS) is 17.8. The van der Waals surface area contributed by atoms with Crippen LogP contribution in [0.25, 0.3) is 0 Å². The minimum atomic E-state index is 0.550. The van der Waals surface area contributed by atoms with Crippen LogP contribution in [0.1, 0.15) is 35.1 Å². The Morgan fingerprint density at radius 1 is 1.00 bits per heavy atom. The van der Waals surface area contributed by atoms with Crippen molar-refractivity contribution >= 4 is 0 Å². The molecule has 3 rings (SSSR count). The molecule has 3 nitrogen and oxygen atoms in total. The Labute approximate surface area is 102 Å². The van der Waals surface area contributed by atoms with Gasteiger partial charge in [-0.15, -0.1) is 0 Å². The molecule has 0 radical (unpaired) electrons. The van der Waals surface area contributed by atoms with Crippen LogP contribution in [0.4, 0.5) is 0 Å². The molecular formula is C14H19NO2. The third-order valence-corrected chi connectivity index (χ3v) is 3.82. The van der Waals surface area contributed by atoms with Gasteiger partial charge in [0, 0.05) is 23.2 Å². The molecule has 0 spiro atoms. The zero-order valence-electron chi connectivity index (χ0n) is 10.3.